The van der Waals surface area contributed by atoms with Gasteiger partial charge < -0.3 is 5.32 Å². The Kier molecular flexibility index (Phi) is 6.23. The molecule has 8 nitrogen and oxygen atoms in total. The summed E-state index contributed by atoms with van der Waals surface area (Å²) in [7, 11) is -4.09. The van der Waals surface area contributed by atoms with Crippen LogP contribution in [-0.4, -0.2) is 36.9 Å². The van der Waals surface area contributed by atoms with Crippen LogP contribution in [0.3, 0.4) is 0 Å². The Bertz CT molecular complexity index is 1130. The first-order valence-electron chi connectivity index (χ1n) is 9.43. The quantitative estimate of drug-likeness (QED) is 0.657. The van der Waals surface area contributed by atoms with Gasteiger partial charge >= 0.3 is 6.05 Å². The third-order valence-corrected chi connectivity index (χ3v) is 6.31. The minimum Gasteiger partial charge on any atom is -0.322 e. The third kappa shape index (κ3) is 4.78. The Morgan fingerprint density at radius 2 is 2.03 bits per heavy atom. The average Bonchev–Trinajstić information content (AvgIpc) is 2.66. The van der Waals surface area contributed by atoms with Crippen LogP contribution in [0.25, 0.3) is 0 Å². The number of carbonyl (C=O) groups excluding carboxylic acids is 1. The van der Waals surface area contributed by atoms with Crippen molar-refractivity contribution < 1.29 is 22.0 Å². The fourth-order valence-electron chi connectivity index (χ4n) is 3.53. The van der Waals surface area contributed by atoms with Crippen molar-refractivity contribution in [1.82, 2.24) is 9.97 Å². The van der Waals surface area contributed by atoms with Gasteiger partial charge in [0.1, 0.15) is 5.82 Å². The highest BCUT2D eigenvalue weighted by molar-refractivity contribution is 7.89. The number of rotatable bonds is 4. The topological polar surface area (TPSA) is 118 Å². The van der Waals surface area contributed by atoms with Gasteiger partial charge in [0, 0.05) is 30.4 Å². The first-order chi connectivity index (χ1) is 14.3. The zero-order valence-electron chi connectivity index (χ0n) is 17.1. The van der Waals surface area contributed by atoms with E-state index in [1.54, 1.807) is 6.92 Å². The fourth-order valence-corrected chi connectivity index (χ4v) is 4.18. The molecule has 1 aliphatic heterocycles. The summed E-state index contributed by atoms with van der Waals surface area (Å²) >= 11 is 6.13. The van der Waals surface area contributed by atoms with Crippen LogP contribution in [0.15, 0.2) is 29.4 Å². The van der Waals surface area contributed by atoms with Gasteiger partial charge in [0.2, 0.25) is 0 Å². The van der Waals surface area contributed by atoms with Crippen LogP contribution in [0.1, 0.15) is 36.3 Å². The van der Waals surface area contributed by atoms with E-state index < -0.39 is 32.9 Å². The summed E-state index contributed by atoms with van der Waals surface area (Å²) in [6.45, 7) is 4.88. The number of hydrogen-bond donors (Lipinski definition) is 2. The highest BCUT2D eigenvalue weighted by Crippen LogP contribution is 2.42. The molecule has 0 radical (unpaired) electrons. The lowest BCUT2D eigenvalue weighted by Crippen LogP contribution is -2.54. The molecule has 1 fully saturated rings. The summed E-state index contributed by atoms with van der Waals surface area (Å²) in [5.74, 6) is -1.95. The van der Waals surface area contributed by atoms with Gasteiger partial charge in [0.15, 0.2) is 5.03 Å². The lowest BCUT2D eigenvalue weighted by molar-refractivity contribution is -0.0796. The maximum absolute atomic E-state index is 15.0. The lowest BCUT2D eigenvalue weighted by atomic mass is 9.89. The Morgan fingerprint density at radius 1 is 1.35 bits per heavy atom. The van der Waals surface area contributed by atoms with E-state index in [9.17, 15) is 13.2 Å². The van der Waals surface area contributed by atoms with Crippen LogP contribution in [0, 0.1) is 18.8 Å². The van der Waals surface area contributed by atoms with Crippen LogP contribution in [0.5, 0.6) is 0 Å². The van der Waals surface area contributed by atoms with E-state index in [4.69, 9.17) is 16.7 Å². The number of piperidine rings is 1. The predicted molar refractivity (Wildman–Crippen MR) is 113 cm³/mol. The summed E-state index contributed by atoms with van der Waals surface area (Å²) in [6.07, 6.45) is 1.49. The van der Waals surface area contributed by atoms with Gasteiger partial charge in [-0.05, 0) is 31.4 Å². The molecule has 0 unspecified atom stereocenters. The number of pyridine rings is 2. The molecule has 0 bridgehead atoms. The Hall–Kier alpha value is -2.37. The van der Waals surface area contributed by atoms with E-state index in [0.717, 1.165) is 17.2 Å². The normalized spacial score (nSPS) is 21.1. The maximum Gasteiger partial charge on any atom is 0.329 e. The zero-order chi connectivity index (χ0) is 23.1. The number of aryl methyl sites for hydroxylation is 1. The molecule has 1 aliphatic rings. The molecule has 2 atom stereocenters. The second-order valence-electron chi connectivity index (χ2n) is 7.75. The number of nitrogens with two attached hydrogens (primary N) is 1. The molecule has 2 aromatic rings. The summed E-state index contributed by atoms with van der Waals surface area (Å²) in [4.78, 5) is 21.7. The number of carbonyl (C=O) groups is 1. The number of halogens is 3. The van der Waals surface area contributed by atoms with Gasteiger partial charge in [-0.25, -0.2) is 23.5 Å². The summed E-state index contributed by atoms with van der Waals surface area (Å²) < 4.78 is 53.1. The third-order valence-electron chi connectivity index (χ3n) is 5.12. The number of aromatic nitrogens is 2. The molecule has 3 rings (SSSR count). The van der Waals surface area contributed by atoms with Gasteiger partial charge in [0.05, 0.1) is 16.3 Å². The van der Waals surface area contributed by atoms with Crippen molar-refractivity contribution in [3.05, 3.63) is 40.7 Å². The molecule has 0 aliphatic carbocycles. The van der Waals surface area contributed by atoms with E-state index in [-0.39, 0.29) is 34.6 Å². The Labute approximate surface area is 183 Å². The largest absolute Gasteiger partial charge is 0.329 e. The second kappa shape index (κ2) is 8.29. The fraction of sp³-hybridized carbons (Fsp3) is 0.421. The van der Waals surface area contributed by atoms with E-state index in [1.165, 1.54) is 19.1 Å². The monoisotopic (exact) mass is 473 g/mol. The lowest BCUT2D eigenvalue weighted by Gasteiger charge is -2.43. The first kappa shape index (κ1) is 23.3. The van der Waals surface area contributed by atoms with Crippen molar-refractivity contribution in [2.45, 2.75) is 38.3 Å². The van der Waals surface area contributed by atoms with Gasteiger partial charge in [0.25, 0.3) is 15.9 Å². The molecule has 1 saturated heterocycles. The SMILES string of the molecule is Cc1nc(N2C[C@H](C)C[C@H](C)C2(F)F)c(C(=O)Nc2ccnc(S(N)(=O)=O)c2)cc1Cl. The number of anilines is 2. The Balaban J connectivity index is 2.04. The zero-order valence-corrected chi connectivity index (χ0v) is 18.6. The number of nitrogens with one attached hydrogen (secondary N) is 1. The second-order valence-corrected chi connectivity index (χ2v) is 9.66. The van der Waals surface area contributed by atoms with Crippen LogP contribution in [-0.2, 0) is 10.0 Å². The number of hydrogen-bond acceptors (Lipinski definition) is 6. The van der Waals surface area contributed by atoms with E-state index >= 15 is 8.78 Å². The number of nitrogens with zero attached hydrogens (tertiary/aromatic N) is 3. The minimum absolute atomic E-state index is 0.0104. The van der Waals surface area contributed by atoms with Crippen molar-refractivity contribution in [3.63, 3.8) is 0 Å². The molecule has 0 aromatic carbocycles. The van der Waals surface area contributed by atoms with E-state index in [0.29, 0.717) is 12.1 Å². The van der Waals surface area contributed by atoms with Gasteiger partial charge in [-0.3, -0.25) is 9.69 Å². The number of amides is 1. The highest BCUT2D eigenvalue weighted by atomic mass is 35.5. The van der Waals surface area contributed by atoms with Crippen LogP contribution >= 0.6 is 11.6 Å². The molecule has 1 amide bonds. The number of sulfonamides is 1. The molecule has 12 heteroatoms. The minimum atomic E-state index is -4.09. The van der Waals surface area contributed by atoms with Crippen LogP contribution in [0.4, 0.5) is 20.3 Å². The predicted octanol–water partition coefficient (Wildman–Crippen LogP) is 3.41. The van der Waals surface area contributed by atoms with Crippen molar-refractivity contribution in [2.24, 2.45) is 17.0 Å². The van der Waals surface area contributed by atoms with Gasteiger partial charge in [-0.2, -0.15) is 8.78 Å². The average molecular weight is 474 g/mol. The van der Waals surface area contributed by atoms with Crippen molar-refractivity contribution in [3.8, 4) is 0 Å². The number of primary sulfonamides is 1. The molecular formula is C19H22ClF2N5O3S. The molecule has 168 valence electrons. The maximum atomic E-state index is 15.0. The summed E-state index contributed by atoms with van der Waals surface area (Å²) in [5, 5.41) is 7.22. The van der Waals surface area contributed by atoms with Crippen LogP contribution in [0.2, 0.25) is 5.02 Å². The highest BCUT2D eigenvalue weighted by Gasteiger charge is 2.49. The van der Waals surface area contributed by atoms with Crippen molar-refractivity contribution >= 4 is 39.0 Å². The van der Waals surface area contributed by atoms with Crippen molar-refractivity contribution in [1.29, 1.82) is 0 Å². The standard InChI is InChI=1S/C19H22ClF2N5O3S/c1-10-6-11(2)19(21,22)27(9-10)17-14(8-15(20)12(3)25-17)18(28)26-13-4-5-24-16(7-13)31(23,29)30/h4-5,7-8,10-11H,6,9H2,1-3H3,(H2,23,29,30)(H,24,26,28)/t10-,11+/m1/s1. The first-order valence-corrected chi connectivity index (χ1v) is 11.4. The molecular weight excluding hydrogens is 452 g/mol. The molecule has 0 saturated carbocycles. The number of alkyl halides is 2. The molecule has 31 heavy (non-hydrogen) atoms. The van der Waals surface area contributed by atoms with Crippen molar-refractivity contribution in [2.75, 3.05) is 16.8 Å². The molecule has 0 spiro atoms. The van der Waals surface area contributed by atoms with Gasteiger partial charge in [-0.15, -0.1) is 0 Å². The van der Waals surface area contributed by atoms with Gasteiger partial charge in [-0.1, -0.05) is 25.4 Å². The smallest absolute Gasteiger partial charge is 0.322 e. The van der Waals surface area contributed by atoms with E-state index in [2.05, 4.69) is 15.3 Å². The Morgan fingerprint density at radius 3 is 2.68 bits per heavy atom. The molecule has 3 N–H and O–H groups in total. The summed E-state index contributed by atoms with van der Waals surface area (Å²) in [6, 6.07) is 0.466. The van der Waals surface area contributed by atoms with E-state index in [1.807, 2.05) is 6.92 Å². The summed E-state index contributed by atoms with van der Waals surface area (Å²) in [5.41, 5.74) is 0.208. The van der Waals surface area contributed by atoms with Crippen LogP contribution < -0.4 is 15.4 Å². The molecule has 3 heterocycles. The molecule has 2 aromatic heterocycles.